The molecule has 19 heavy (non-hydrogen) atoms. The summed E-state index contributed by atoms with van der Waals surface area (Å²) in [5.41, 5.74) is 2.04. The largest absolute Gasteiger partial charge is 0.315 e. The van der Waals surface area contributed by atoms with E-state index in [0.717, 1.165) is 31.7 Å². The van der Waals surface area contributed by atoms with Gasteiger partial charge in [0.15, 0.2) is 0 Å². The average Bonchev–Trinajstić information content (AvgIpc) is 2.48. The van der Waals surface area contributed by atoms with Crippen molar-refractivity contribution in [2.75, 3.05) is 19.6 Å². The van der Waals surface area contributed by atoms with Gasteiger partial charge < -0.3 is 5.32 Å². The predicted octanol–water partition coefficient (Wildman–Crippen LogP) is 2.52. The van der Waals surface area contributed by atoms with E-state index in [0.29, 0.717) is 6.04 Å². The summed E-state index contributed by atoms with van der Waals surface area (Å²) in [6.07, 6.45) is 3.76. The molecular weight excluding hydrogens is 234 g/mol. The predicted molar refractivity (Wildman–Crippen MR) is 77.7 cm³/mol. The van der Waals surface area contributed by atoms with Gasteiger partial charge in [-0.2, -0.15) is 5.26 Å². The lowest BCUT2D eigenvalue weighted by atomic mass is 10.0. The molecular formula is C16H23N3. The van der Waals surface area contributed by atoms with E-state index in [2.05, 4.69) is 35.3 Å². The number of hydrogen-bond acceptors (Lipinski definition) is 3. The Morgan fingerprint density at radius 1 is 1.37 bits per heavy atom. The Bertz CT molecular complexity index is 413. The van der Waals surface area contributed by atoms with Gasteiger partial charge in [0.2, 0.25) is 0 Å². The Labute approximate surface area is 116 Å². The fourth-order valence-electron chi connectivity index (χ4n) is 2.74. The number of nitrogens with zero attached hydrogens (tertiary/aromatic N) is 2. The fraction of sp³-hybridized carbons (Fsp3) is 0.562. The minimum absolute atomic E-state index is 0.657. The highest BCUT2D eigenvalue weighted by Crippen LogP contribution is 2.15. The summed E-state index contributed by atoms with van der Waals surface area (Å²) in [7, 11) is 0. The molecule has 1 saturated heterocycles. The van der Waals surface area contributed by atoms with Gasteiger partial charge in [-0.3, -0.25) is 4.90 Å². The number of rotatable bonds is 5. The highest BCUT2D eigenvalue weighted by molar-refractivity contribution is 5.31. The molecule has 0 spiro atoms. The van der Waals surface area contributed by atoms with Crippen LogP contribution >= 0.6 is 0 Å². The molecule has 1 atom stereocenters. The molecule has 1 heterocycles. The SMILES string of the molecule is CCCN(Cc1ccc(C#N)cc1)C1CCCNC1. The van der Waals surface area contributed by atoms with E-state index in [4.69, 9.17) is 5.26 Å². The highest BCUT2D eigenvalue weighted by Gasteiger charge is 2.20. The summed E-state index contributed by atoms with van der Waals surface area (Å²) in [6.45, 7) is 6.64. The lowest BCUT2D eigenvalue weighted by molar-refractivity contribution is 0.158. The third-order valence-electron chi connectivity index (χ3n) is 3.77. The van der Waals surface area contributed by atoms with Gasteiger partial charge in [-0.15, -0.1) is 0 Å². The standard InChI is InChI=1S/C16H23N3/c1-2-10-19(16-4-3-9-18-12-16)13-15-7-5-14(11-17)6-8-15/h5-8,16,18H,2-4,9-10,12-13H2,1H3. The molecule has 102 valence electrons. The van der Waals surface area contributed by atoms with E-state index >= 15 is 0 Å². The van der Waals surface area contributed by atoms with Gasteiger partial charge in [-0.05, 0) is 50.0 Å². The fourth-order valence-corrected chi connectivity index (χ4v) is 2.74. The van der Waals surface area contributed by atoms with E-state index in [9.17, 15) is 0 Å². The van der Waals surface area contributed by atoms with Crippen LogP contribution in [0.1, 0.15) is 37.3 Å². The Morgan fingerprint density at radius 3 is 2.74 bits per heavy atom. The maximum absolute atomic E-state index is 8.83. The molecule has 0 aliphatic carbocycles. The summed E-state index contributed by atoms with van der Waals surface area (Å²) in [4.78, 5) is 2.58. The number of benzene rings is 1. The summed E-state index contributed by atoms with van der Waals surface area (Å²) in [5, 5.41) is 12.3. The minimum Gasteiger partial charge on any atom is -0.315 e. The second kappa shape index (κ2) is 7.28. The van der Waals surface area contributed by atoms with E-state index in [-0.39, 0.29) is 0 Å². The van der Waals surface area contributed by atoms with Crippen LogP contribution in [0, 0.1) is 11.3 Å². The first kappa shape index (κ1) is 14.0. The quantitative estimate of drug-likeness (QED) is 0.881. The summed E-state index contributed by atoms with van der Waals surface area (Å²) in [5.74, 6) is 0. The monoisotopic (exact) mass is 257 g/mol. The van der Waals surface area contributed by atoms with Crippen molar-refractivity contribution in [3.63, 3.8) is 0 Å². The number of nitrogens with one attached hydrogen (secondary N) is 1. The van der Waals surface area contributed by atoms with Gasteiger partial charge in [0.25, 0.3) is 0 Å². The van der Waals surface area contributed by atoms with Crippen LogP contribution in [0.2, 0.25) is 0 Å². The van der Waals surface area contributed by atoms with Crippen molar-refractivity contribution in [3.8, 4) is 6.07 Å². The van der Waals surface area contributed by atoms with Crippen molar-refractivity contribution in [1.82, 2.24) is 10.2 Å². The van der Waals surface area contributed by atoms with Gasteiger partial charge in [0.05, 0.1) is 11.6 Å². The van der Waals surface area contributed by atoms with Crippen molar-refractivity contribution < 1.29 is 0 Å². The molecule has 0 bridgehead atoms. The van der Waals surface area contributed by atoms with Gasteiger partial charge in [0, 0.05) is 19.1 Å². The third kappa shape index (κ3) is 4.05. The second-order valence-electron chi connectivity index (χ2n) is 5.28. The first-order valence-corrected chi connectivity index (χ1v) is 7.27. The molecule has 2 rings (SSSR count). The highest BCUT2D eigenvalue weighted by atomic mass is 15.2. The van der Waals surface area contributed by atoms with E-state index < -0.39 is 0 Å². The molecule has 1 aromatic carbocycles. The molecule has 3 nitrogen and oxygen atoms in total. The Hall–Kier alpha value is -1.37. The molecule has 1 aliphatic rings. The van der Waals surface area contributed by atoms with Crippen molar-refractivity contribution in [3.05, 3.63) is 35.4 Å². The molecule has 0 saturated carbocycles. The summed E-state index contributed by atoms with van der Waals surface area (Å²) < 4.78 is 0. The minimum atomic E-state index is 0.657. The smallest absolute Gasteiger partial charge is 0.0991 e. The zero-order chi connectivity index (χ0) is 13.5. The van der Waals surface area contributed by atoms with E-state index in [1.807, 2.05) is 12.1 Å². The van der Waals surface area contributed by atoms with Crippen LogP contribution in [0.3, 0.4) is 0 Å². The lowest BCUT2D eigenvalue weighted by Crippen LogP contribution is -2.45. The van der Waals surface area contributed by atoms with Gasteiger partial charge in [-0.25, -0.2) is 0 Å². The van der Waals surface area contributed by atoms with Crippen LogP contribution in [0.4, 0.5) is 0 Å². The van der Waals surface area contributed by atoms with Crippen LogP contribution in [0.5, 0.6) is 0 Å². The molecule has 1 aliphatic heterocycles. The maximum atomic E-state index is 8.83. The van der Waals surface area contributed by atoms with Crippen LogP contribution in [0.15, 0.2) is 24.3 Å². The van der Waals surface area contributed by atoms with Crippen LogP contribution in [-0.2, 0) is 6.54 Å². The van der Waals surface area contributed by atoms with Crippen LogP contribution in [-0.4, -0.2) is 30.6 Å². The van der Waals surface area contributed by atoms with Crippen molar-refractivity contribution in [1.29, 1.82) is 5.26 Å². The zero-order valence-electron chi connectivity index (χ0n) is 11.7. The molecule has 0 radical (unpaired) electrons. The van der Waals surface area contributed by atoms with Crippen LogP contribution in [0.25, 0.3) is 0 Å². The van der Waals surface area contributed by atoms with Gasteiger partial charge in [0.1, 0.15) is 0 Å². The van der Waals surface area contributed by atoms with E-state index in [1.165, 1.54) is 24.8 Å². The number of nitriles is 1. The Kier molecular flexibility index (Phi) is 5.38. The van der Waals surface area contributed by atoms with E-state index in [1.54, 1.807) is 0 Å². The molecule has 0 aromatic heterocycles. The molecule has 1 aromatic rings. The van der Waals surface area contributed by atoms with Gasteiger partial charge in [-0.1, -0.05) is 19.1 Å². The first-order chi connectivity index (χ1) is 9.33. The lowest BCUT2D eigenvalue weighted by Gasteiger charge is -2.34. The number of hydrogen-bond donors (Lipinski definition) is 1. The molecule has 1 unspecified atom stereocenters. The third-order valence-corrected chi connectivity index (χ3v) is 3.77. The number of piperidine rings is 1. The first-order valence-electron chi connectivity index (χ1n) is 7.27. The zero-order valence-corrected chi connectivity index (χ0v) is 11.7. The normalized spacial score (nSPS) is 19.3. The molecule has 3 heteroatoms. The van der Waals surface area contributed by atoms with Crippen molar-refractivity contribution >= 4 is 0 Å². The Balaban J connectivity index is 2.00. The summed E-state index contributed by atoms with van der Waals surface area (Å²) in [6, 6.07) is 10.8. The molecule has 1 N–H and O–H groups in total. The maximum Gasteiger partial charge on any atom is 0.0991 e. The average molecular weight is 257 g/mol. The molecule has 1 fully saturated rings. The van der Waals surface area contributed by atoms with Crippen molar-refractivity contribution in [2.45, 2.75) is 38.8 Å². The Morgan fingerprint density at radius 2 is 2.16 bits per heavy atom. The second-order valence-corrected chi connectivity index (χ2v) is 5.28. The van der Waals surface area contributed by atoms with Gasteiger partial charge >= 0.3 is 0 Å². The topological polar surface area (TPSA) is 39.1 Å². The summed E-state index contributed by atoms with van der Waals surface area (Å²) >= 11 is 0. The molecule has 0 amide bonds. The van der Waals surface area contributed by atoms with Crippen LogP contribution < -0.4 is 5.32 Å². The van der Waals surface area contributed by atoms with Crippen molar-refractivity contribution in [2.24, 2.45) is 0 Å².